The number of nitrogens with zero attached hydrogens (tertiary/aromatic N) is 3. The molecule has 2 fully saturated rings. The molecule has 8 heteroatoms. The average molecular weight is 358 g/mol. The van der Waals surface area contributed by atoms with E-state index in [0.29, 0.717) is 17.8 Å². The molecule has 0 spiro atoms. The fourth-order valence-electron chi connectivity index (χ4n) is 3.42. The Labute approximate surface area is 149 Å². The van der Waals surface area contributed by atoms with E-state index in [0.717, 1.165) is 57.8 Å². The zero-order valence-corrected chi connectivity index (χ0v) is 15.3. The number of carbonyl (C=O) groups is 1. The molecule has 0 radical (unpaired) electrons. The fraction of sp³-hybridized carbons (Fsp3) is 0.812. The number of amides is 1. The molecule has 0 saturated carbocycles. The van der Waals surface area contributed by atoms with Gasteiger partial charge in [0.25, 0.3) is 0 Å². The van der Waals surface area contributed by atoms with Crippen molar-refractivity contribution in [3.8, 4) is 0 Å². The molecule has 3 rings (SSSR count). The van der Waals surface area contributed by atoms with Crippen LogP contribution in [0.1, 0.15) is 44.3 Å². The minimum atomic E-state index is -0.0297. The Hall–Kier alpha value is -1.18. The van der Waals surface area contributed by atoms with Gasteiger partial charge in [0, 0.05) is 32.1 Å². The van der Waals surface area contributed by atoms with Crippen molar-refractivity contribution in [2.75, 3.05) is 31.6 Å². The minimum absolute atomic E-state index is 0. The smallest absolute Gasteiger partial charge is 0.229 e. The van der Waals surface area contributed by atoms with Gasteiger partial charge in [-0.05, 0) is 44.7 Å². The van der Waals surface area contributed by atoms with Gasteiger partial charge in [-0.2, -0.15) is 10.1 Å². The third kappa shape index (κ3) is 4.46. The van der Waals surface area contributed by atoms with E-state index in [2.05, 4.69) is 20.7 Å². The van der Waals surface area contributed by atoms with Crippen LogP contribution in [0, 0.1) is 11.8 Å². The summed E-state index contributed by atoms with van der Waals surface area (Å²) >= 11 is 0. The molecule has 1 atom stereocenters. The second kappa shape index (κ2) is 8.78. The number of aromatic nitrogens is 3. The first kappa shape index (κ1) is 19.1. The van der Waals surface area contributed by atoms with Crippen LogP contribution in [-0.4, -0.2) is 47.0 Å². The van der Waals surface area contributed by atoms with Gasteiger partial charge in [0.15, 0.2) is 5.82 Å². The lowest BCUT2D eigenvalue weighted by Gasteiger charge is -2.26. The predicted octanol–water partition coefficient (Wildman–Crippen LogP) is 1.71. The molecular formula is C16H28ClN5O2. The third-order valence-electron chi connectivity index (χ3n) is 5.11. The number of hydrogen-bond donors (Lipinski definition) is 2. The second-order valence-electron chi connectivity index (χ2n) is 6.67. The van der Waals surface area contributed by atoms with E-state index >= 15 is 0 Å². The number of rotatable bonds is 4. The largest absolute Gasteiger partial charge is 0.381 e. The number of aryl methyl sites for hydroxylation is 1. The highest BCUT2D eigenvalue weighted by Gasteiger charge is 2.27. The van der Waals surface area contributed by atoms with E-state index in [-0.39, 0.29) is 24.2 Å². The monoisotopic (exact) mass is 357 g/mol. The zero-order chi connectivity index (χ0) is 16.2. The zero-order valence-electron chi connectivity index (χ0n) is 14.5. The van der Waals surface area contributed by atoms with Crippen molar-refractivity contribution >= 4 is 24.3 Å². The van der Waals surface area contributed by atoms with Gasteiger partial charge in [-0.25, -0.2) is 4.68 Å². The van der Waals surface area contributed by atoms with Crippen LogP contribution in [0.5, 0.6) is 0 Å². The quantitative estimate of drug-likeness (QED) is 0.857. The van der Waals surface area contributed by atoms with Gasteiger partial charge in [-0.3, -0.25) is 10.1 Å². The van der Waals surface area contributed by atoms with Crippen LogP contribution in [0.15, 0.2) is 0 Å². The normalized spacial score (nSPS) is 21.1. The summed E-state index contributed by atoms with van der Waals surface area (Å²) < 4.78 is 7.06. The van der Waals surface area contributed by atoms with Gasteiger partial charge in [-0.1, -0.05) is 6.92 Å². The molecule has 3 heterocycles. The van der Waals surface area contributed by atoms with Crippen molar-refractivity contribution in [2.24, 2.45) is 18.9 Å². The Bertz CT molecular complexity index is 539. The minimum Gasteiger partial charge on any atom is -0.381 e. The number of ether oxygens (including phenoxy) is 1. The Morgan fingerprint density at radius 3 is 2.62 bits per heavy atom. The van der Waals surface area contributed by atoms with Crippen LogP contribution in [0.2, 0.25) is 0 Å². The summed E-state index contributed by atoms with van der Waals surface area (Å²) in [4.78, 5) is 17.1. The summed E-state index contributed by atoms with van der Waals surface area (Å²) in [5, 5.41) is 10.8. The summed E-state index contributed by atoms with van der Waals surface area (Å²) in [6.45, 7) is 5.52. The van der Waals surface area contributed by atoms with Gasteiger partial charge in [0.2, 0.25) is 11.9 Å². The van der Waals surface area contributed by atoms with E-state index in [9.17, 15) is 4.79 Å². The van der Waals surface area contributed by atoms with Crippen molar-refractivity contribution in [3.05, 3.63) is 5.82 Å². The van der Waals surface area contributed by atoms with Crippen LogP contribution < -0.4 is 10.6 Å². The highest BCUT2D eigenvalue weighted by atomic mass is 35.5. The van der Waals surface area contributed by atoms with E-state index in [4.69, 9.17) is 4.74 Å². The molecule has 1 aromatic heterocycles. The Morgan fingerprint density at radius 1 is 1.29 bits per heavy atom. The van der Waals surface area contributed by atoms with Gasteiger partial charge < -0.3 is 10.1 Å². The van der Waals surface area contributed by atoms with Gasteiger partial charge in [0.1, 0.15) is 0 Å². The van der Waals surface area contributed by atoms with Crippen molar-refractivity contribution in [3.63, 3.8) is 0 Å². The number of hydrogen-bond acceptors (Lipinski definition) is 5. The molecule has 2 saturated heterocycles. The molecule has 7 nitrogen and oxygen atoms in total. The Kier molecular flexibility index (Phi) is 7.01. The highest BCUT2D eigenvalue weighted by molar-refractivity contribution is 5.90. The molecule has 2 aliphatic heterocycles. The van der Waals surface area contributed by atoms with Crippen molar-refractivity contribution in [2.45, 2.75) is 38.5 Å². The first-order chi connectivity index (χ1) is 11.1. The topological polar surface area (TPSA) is 81.1 Å². The summed E-state index contributed by atoms with van der Waals surface area (Å²) in [6.07, 6.45) is 4.01. The van der Waals surface area contributed by atoms with Crippen LogP contribution in [0.4, 0.5) is 5.95 Å². The second-order valence-corrected chi connectivity index (χ2v) is 6.67. The molecule has 0 bridgehead atoms. The first-order valence-electron chi connectivity index (χ1n) is 8.65. The number of piperidine rings is 1. The number of carbonyl (C=O) groups excluding carboxylic acids is 1. The van der Waals surface area contributed by atoms with E-state index < -0.39 is 0 Å². The van der Waals surface area contributed by atoms with Gasteiger partial charge in [0.05, 0.1) is 0 Å². The molecule has 136 valence electrons. The molecule has 24 heavy (non-hydrogen) atoms. The molecule has 0 aromatic carbocycles. The van der Waals surface area contributed by atoms with Gasteiger partial charge in [-0.15, -0.1) is 12.4 Å². The van der Waals surface area contributed by atoms with Crippen molar-refractivity contribution in [1.29, 1.82) is 0 Å². The van der Waals surface area contributed by atoms with Crippen LogP contribution >= 0.6 is 12.4 Å². The summed E-state index contributed by atoms with van der Waals surface area (Å²) in [7, 11) is 1.84. The average Bonchev–Trinajstić information content (AvgIpc) is 2.96. The van der Waals surface area contributed by atoms with E-state index in [1.54, 1.807) is 4.68 Å². The lowest BCUT2D eigenvalue weighted by Crippen LogP contribution is -2.31. The molecular weight excluding hydrogens is 330 g/mol. The maximum absolute atomic E-state index is 12.5. The molecule has 0 aliphatic carbocycles. The lowest BCUT2D eigenvalue weighted by atomic mass is 9.87. The number of halogens is 1. The van der Waals surface area contributed by atoms with E-state index in [1.165, 1.54) is 0 Å². The lowest BCUT2D eigenvalue weighted by molar-refractivity contribution is -0.122. The maximum atomic E-state index is 12.5. The Morgan fingerprint density at radius 2 is 1.96 bits per heavy atom. The predicted molar refractivity (Wildman–Crippen MR) is 94.4 cm³/mol. The van der Waals surface area contributed by atoms with Crippen LogP contribution in [-0.2, 0) is 16.6 Å². The van der Waals surface area contributed by atoms with Crippen molar-refractivity contribution < 1.29 is 9.53 Å². The van der Waals surface area contributed by atoms with Crippen molar-refractivity contribution in [1.82, 2.24) is 20.1 Å². The van der Waals surface area contributed by atoms with Crippen LogP contribution in [0.3, 0.4) is 0 Å². The summed E-state index contributed by atoms with van der Waals surface area (Å²) in [5.41, 5.74) is 0. The molecule has 1 unspecified atom stereocenters. The fourth-order valence-corrected chi connectivity index (χ4v) is 3.42. The SMILES string of the molecule is CC(C(=O)Nc1nc(C2CCNCC2)nn1C)C1CCOCC1.Cl. The Balaban J connectivity index is 0.00000208. The van der Waals surface area contributed by atoms with E-state index in [1.807, 2.05) is 14.0 Å². The van der Waals surface area contributed by atoms with Crippen LogP contribution in [0.25, 0.3) is 0 Å². The number of nitrogens with one attached hydrogen (secondary N) is 2. The highest BCUT2D eigenvalue weighted by Crippen LogP contribution is 2.26. The summed E-state index contributed by atoms with van der Waals surface area (Å²) in [5.74, 6) is 2.19. The summed E-state index contributed by atoms with van der Waals surface area (Å²) in [6, 6.07) is 0. The molecule has 1 aromatic rings. The molecule has 2 N–H and O–H groups in total. The maximum Gasteiger partial charge on any atom is 0.229 e. The number of anilines is 1. The standard InChI is InChI=1S/C16H27N5O2.ClH/c1-11(12-5-9-23-10-6-12)15(22)19-16-18-14(20-21(16)2)13-3-7-17-8-4-13;/h11-13,17H,3-10H2,1-2H3,(H,18,19,20,22);1H. The molecule has 2 aliphatic rings. The molecule has 1 amide bonds. The first-order valence-corrected chi connectivity index (χ1v) is 8.65. The third-order valence-corrected chi connectivity index (χ3v) is 5.11. The van der Waals surface area contributed by atoms with Gasteiger partial charge >= 0.3 is 0 Å².